The Morgan fingerprint density at radius 3 is 2.03 bits per heavy atom. The van der Waals surface area contributed by atoms with Gasteiger partial charge in [0.25, 0.3) is 0 Å². The van der Waals surface area contributed by atoms with Crippen LogP contribution in [0.2, 0.25) is 0 Å². The lowest BCUT2D eigenvalue weighted by molar-refractivity contribution is 1.17. The van der Waals surface area contributed by atoms with E-state index in [1.165, 1.54) is 49.2 Å². The Morgan fingerprint density at radius 2 is 1.24 bits per heavy atom. The highest BCUT2D eigenvalue weighted by Crippen LogP contribution is 2.38. The van der Waals surface area contributed by atoms with E-state index in [2.05, 4.69) is 151 Å². The van der Waals surface area contributed by atoms with Crippen molar-refractivity contribution < 1.29 is 0 Å². The van der Waals surface area contributed by atoms with Gasteiger partial charge in [0.05, 0.1) is 22.1 Å². The summed E-state index contributed by atoms with van der Waals surface area (Å²) in [6.45, 7) is 8.55. The van der Waals surface area contributed by atoms with Crippen LogP contribution >= 0.6 is 0 Å². The molecule has 0 saturated carbocycles. The minimum absolute atomic E-state index is 1.01. The van der Waals surface area contributed by atoms with Crippen LogP contribution in [0.1, 0.15) is 12.5 Å². The lowest BCUT2D eigenvalue weighted by Gasteiger charge is -2.19. The van der Waals surface area contributed by atoms with Gasteiger partial charge in [0.2, 0.25) is 0 Å². The van der Waals surface area contributed by atoms with E-state index in [0.717, 1.165) is 22.8 Å². The predicted octanol–water partition coefficient (Wildman–Crippen LogP) is 9.46. The van der Waals surface area contributed by atoms with E-state index in [1.807, 2.05) is 0 Å². The predicted molar refractivity (Wildman–Crippen MR) is 164 cm³/mol. The molecule has 0 aliphatic carbocycles. The van der Waals surface area contributed by atoms with Crippen LogP contribution in [0.15, 0.2) is 116 Å². The molecule has 0 saturated heterocycles. The maximum atomic E-state index is 4.31. The van der Waals surface area contributed by atoms with Gasteiger partial charge in [0, 0.05) is 51.4 Å². The summed E-state index contributed by atoms with van der Waals surface area (Å²) < 4.78 is 4.67. The molecular formula is C35H29N3. The van der Waals surface area contributed by atoms with E-state index in [0.29, 0.717) is 0 Å². The lowest BCUT2D eigenvalue weighted by atomic mass is 10.1. The standard InChI is InChI=1S/C35H29N3/c1-23(2)37-33-18-15-26(36(4)25-10-6-5-7-11-25)21-30(33)31-22-27(16-19-34(31)37)38-32-13-9-8-12-28(32)29-20-24(3)14-17-35(29)38/h5-22H,1H2,2-4H3. The zero-order chi connectivity index (χ0) is 26.0. The third-order valence-electron chi connectivity index (χ3n) is 7.73. The maximum absolute atomic E-state index is 4.31. The van der Waals surface area contributed by atoms with Crippen LogP contribution in [0, 0.1) is 6.92 Å². The second-order valence-electron chi connectivity index (χ2n) is 10.2. The van der Waals surface area contributed by atoms with Gasteiger partial charge in [0.1, 0.15) is 0 Å². The second-order valence-corrected chi connectivity index (χ2v) is 10.2. The molecule has 7 aromatic rings. The van der Waals surface area contributed by atoms with E-state index in [9.17, 15) is 0 Å². The van der Waals surface area contributed by atoms with E-state index in [4.69, 9.17) is 0 Å². The number of anilines is 2. The molecule has 0 fully saturated rings. The SMILES string of the molecule is C=C(C)n1c2ccc(N(C)c3ccccc3)cc2c2cc(-n3c4ccccc4c4cc(C)ccc43)ccc21. The molecule has 2 aromatic heterocycles. The van der Waals surface area contributed by atoms with Crippen LogP contribution in [0.25, 0.3) is 55.0 Å². The van der Waals surface area contributed by atoms with Crippen molar-refractivity contribution in [1.29, 1.82) is 0 Å². The van der Waals surface area contributed by atoms with Crippen molar-refractivity contribution in [3.8, 4) is 5.69 Å². The van der Waals surface area contributed by atoms with Gasteiger partial charge in [-0.05, 0) is 80.6 Å². The van der Waals surface area contributed by atoms with Gasteiger partial charge in [-0.1, -0.05) is 54.6 Å². The Kier molecular flexibility index (Phi) is 4.95. The number of para-hydroxylation sites is 2. The lowest BCUT2D eigenvalue weighted by Crippen LogP contribution is -2.08. The molecule has 0 N–H and O–H groups in total. The van der Waals surface area contributed by atoms with E-state index in [1.54, 1.807) is 0 Å². The Hall–Kier alpha value is -4.76. The number of nitrogens with zero attached hydrogens (tertiary/aromatic N) is 3. The summed E-state index contributed by atoms with van der Waals surface area (Å²) in [5, 5.41) is 5.02. The quantitative estimate of drug-likeness (QED) is 0.239. The summed E-state index contributed by atoms with van der Waals surface area (Å²) in [5.41, 5.74) is 10.6. The molecule has 0 bridgehead atoms. The Bertz CT molecular complexity index is 2020. The molecule has 0 spiro atoms. The summed E-state index contributed by atoms with van der Waals surface area (Å²) in [4.78, 5) is 2.24. The molecule has 7 rings (SSSR count). The van der Waals surface area contributed by atoms with E-state index in [-0.39, 0.29) is 0 Å². The zero-order valence-electron chi connectivity index (χ0n) is 21.9. The van der Waals surface area contributed by atoms with Crippen molar-refractivity contribution in [3.63, 3.8) is 0 Å². The number of benzene rings is 5. The number of allylic oxidation sites excluding steroid dienone is 1. The van der Waals surface area contributed by atoms with Crippen molar-refractivity contribution >= 4 is 60.7 Å². The molecule has 3 nitrogen and oxygen atoms in total. The molecule has 0 aliphatic heterocycles. The van der Waals surface area contributed by atoms with Gasteiger partial charge in [0.15, 0.2) is 0 Å². The minimum Gasteiger partial charge on any atom is -0.345 e. The number of aryl methyl sites for hydroxylation is 1. The van der Waals surface area contributed by atoms with Gasteiger partial charge in [-0.15, -0.1) is 0 Å². The van der Waals surface area contributed by atoms with Gasteiger partial charge >= 0.3 is 0 Å². The average molecular weight is 492 g/mol. The van der Waals surface area contributed by atoms with Crippen LogP contribution in [0.4, 0.5) is 11.4 Å². The Labute approximate surface area is 222 Å². The average Bonchev–Trinajstić information content (AvgIpc) is 3.45. The van der Waals surface area contributed by atoms with Crippen LogP contribution in [0.3, 0.4) is 0 Å². The van der Waals surface area contributed by atoms with Gasteiger partial charge < -0.3 is 14.0 Å². The molecular weight excluding hydrogens is 462 g/mol. The first kappa shape index (κ1) is 22.4. The summed E-state index contributed by atoms with van der Waals surface area (Å²) >= 11 is 0. The molecule has 3 heteroatoms. The van der Waals surface area contributed by atoms with Crippen molar-refractivity contribution in [2.45, 2.75) is 13.8 Å². The summed E-state index contributed by atoms with van der Waals surface area (Å²) in [5.74, 6) is 0. The normalized spacial score (nSPS) is 11.7. The molecule has 2 heterocycles. The molecule has 0 aliphatic rings. The van der Waals surface area contributed by atoms with Crippen LogP contribution in [-0.4, -0.2) is 16.2 Å². The molecule has 184 valence electrons. The smallest absolute Gasteiger partial charge is 0.0541 e. The monoisotopic (exact) mass is 491 g/mol. The van der Waals surface area contributed by atoms with Crippen LogP contribution in [0.5, 0.6) is 0 Å². The third kappa shape index (κ3) is 3.29. The fraction of sp³-hybridized carbons (Fsp3) is 0.0857. The summed E-state index contributed by atoms with van der Waals surface area (Å²) in [6.07, 6.45) is 0. The highest BCUT2D eigenvalue weighted by Gasteiger charge is 2.17. The van der Waals surface area contributed by atoms with Crippen molar-refractivity contribution in [3.05, 3.63) is 121 Å². The first-order chi connectivity index (χ1) is 18.5. The van der Waals surface area contributed by atoms with Crippen molar-refractivity contribution in [2.24, 2.45) is 0 Å². The number of hydrogen-bond acceptors (Lipinski definition) is 1. The molecule has 38 heavy (non-hydrogen) atoms. The Balaban J connectivity index is 1.51. The second kappa shape index (κ2) is 8.39. The molecule has 0 radical (unpaired) electrons. The van der Waals surface area contributed by atoms with E-state index < -0.39 is 0 Å². The fourth-order valence-corrected chi connectivity index (χ4v) is 5.92. The number of hydrogen-bond donors (Lipinski definition) is 0. The number of rotatable bonds is 4. The van der Waals surface area contributed by atoms with Crippen molar-refractivity contribution in [2.75, 3.05) is 11.9 Å². The van der Waals surface area contributed by atoms with Gasteiger partial charge in [-0.25, -0.2) is 0 Å². The van der Waals surface area contributed by atoms with Gasteiger partial charge in [-0.2, -0.15) is 0 Å². The maximum Gasteiger partial charge on any atom is 0.0541 e. The minimum atomic E-state index is 1.01. The zero-order valence-corrected chi connectivity index (χ0v) is 21.9. The fourth-order valence-electron chi connectivity index (χ4n) is 5.92. The molecule has 5 aromatic carbocycles. The largest absolute Gasteiger partial charge is 0.345 e. The highest BCUT2D eigenvalue weighted by atomic mass is 15.1. The first-order valence-electron chi connectivity index (χ1n) is 13.0. The van der Waals surface area contributed by atoms with E-state index >= 15 is 0 Å². The van der Waals surface area contributed by atoms with Crippen molar-refractivity contribution in [1.82, 2.24) is 9.13 Å². The third-order valence-corrected chi connectivity index (χ3v) is 7.73. The Morgan fingerprint density at radius 1 is 0.605 bits per heavy atom. The topological polar surface area (TPSA) is 13.1 Å². The molecule has 0 amide bonds. The van der Waals surface area contributed by atoms with Crippen LogP contribution < -0.4 is 4.90 Å². The summed E-state index contributed by atoms with van der Waals surface area (Å²) in [6, 6.07) is 39.5. The highest BCUT2D eigenvalue weighted by molar-refractivity contribution is 6.13. The summed E-state index contributed by atoms with van der Waals surface area (Å²) in [7, 11) is 2.12. The first-order valence-corrected chi connectivity index (χ1v) is 13.0. The number of aromatic nitrogens is 2. The molecule has 0 unspecified atom stereocenters. The van der Waals surface area contributed by atoms with Crippen LogP contribution in [-0.2, 0) is 0 Å². The molecule has 0 atom stereocenters. The van der Waals surface area contributed by atoms with Gasteiger partial charge in [-0.3, -0.25) is 0 Å². The number of fused-ring (bicyclic) bond motifs is 6.